The molecule has 84 valence electrons. The van der Waals surface area contributed by atoms with Crippen LogP contribution in [0.25, 0.3) is 0 Å². The summed E-state index contributed by atoms with van der Waals surface area (Å²) in [5.41, 5.74) is 1.14. The number of hydrogen-bond acceptors (Lipinski definition) is 1. The topological polar surface area (TPSA) is 20.2 Å². The molecule has 1 unspecified atom stereocenters. The van der Waals surface area contributed by atoms with Crippen molar-refractivity contribution in [2.45, 2.75) is 32.6 Å². The van der Waals surface area contributed by atoms with Gasteiger partial charge in [0.2, 0.25) is 0 Å². The second kappa shape index (κ2) is 6.14. The Balaban J connectivity index is 2.65. The molecule has 0 heterocycles. The molecule has 0 saturated carbocycles. The molecule has 2 heteroatoms. The number of aliphatic hydroxyl groups excluding tert-OH is 1. The van der Waals surface area contributed by atoms with Crippen LogP contribution in [-0.4, -0.2) is 11.7 Å². The lowest BCUT2D eigenvalue weighted by atomic mass is 9.92. The van der Waals surface area contributed by atoms with Gasteiger partial charge >= 0.3 is 0 Å². The predicted octanol–water partition coefficient (Wildman–Crippen LogP) is 3.85. The van der Waals surface area contributed by atoms with E-state index in [1.807, 2.05) is 24.3 Å². The zero-order valence-corrected chi connectivity index (χ0v) is 10.2. The minimum Gasteiger partial charge on any atom is -0.396 e. The SMILES string of the molecule is CC(C)CCC(CO)c1cccc(Cl)c1. The summed E-state index contributed by atoms with van der Waals surface area (Å²) in [4.78, 5) is 0. The Labute approximate surface area is 97.1 Å². The Hall–Kier alpha value is -0.530. The summed E-state index contributed by atoms with van der Waals surface area (Å²) in [5, 5.41) is 10.1. The normalized spacial score (nSPS) is 13.1. The van der Waals surface area contributed by atoms with Crippen molar-refractivity contribution >= 4 is 11.6 Å². The maximum absolute atomic E-state index is 9.34. The summed E-state index contributed by atoms with van der Waals surface area (Å²) in [6.07, 6.45) is 2.16. The van der Waals surface area contributed by atoms with Crippen molar-refractivity contribution in [1.82, 2.24) is 0 Å². The Kier molecular flexibility index (Phi) is 5.13. The molecule has 0 spiro atoms. The van der Waals surface area contributed by atoms with E-state index < -0.39 is 0 Å². The highest BCUT2D eigenvalue weighted by molar-refractivity contribution is 6.30. The second-order valence-corrected chi connectivity index (χ2v) is 4.84. The van der Waals surface area contributed by atoms with E-state index in [-0.39, 0.29) is 12.5 Å². The third kappa shape index (κ3) is 4.23. The fourth-order valence-electron chi connectivity index (χ4n) is 1.66. The van der Waals surface area contributed by atoms with Crippen molar-refractivity contribution in [3.63, 3.8) is 0 Å². The van der Waals surface area contributed by atoms with E-state index in [0.29, 0.717) is 5.92 Å². The lowest BCUT2D eigenvalue weighted by molar-refractivity contribution is 0.253. The third-order valence-corrected chi connectivity index (χ3v) is 2.87. The van der Waals surface area contributed by atoms with Crippen LogP contribution in [0.3, 0.4) is 0 Å². The molecule has 0 saturated heterocycles. The van der Waals surface area contributed by atoms with Gasteiger partial charge in [-0.3, -0.25) is 0 Å². The van der Waals surface area contributed by atoms with Crippen LogP contribution < -0.4 is 0 Å². The Morgan fingerprint density at radius 2 is 2.00 bits per heavy atom. The zero-order chi connectivity index (χ0) is 11.3. The van der Waals surface area contributed by atoms with Gasteiger partial charge in [-0.15, -0.1) is 0 Å². The van der Waals surface area contributed by atoms with E-state index in [9.17, 15) is 5.11 Å². The van der Waals surface area contributed by atoms with E-state index >= 15 is 0 Å². The van der Waals surface area contributed by atoms with Gasteiger partial charge in [-0.05, 0) is 30.0 Å². The summed E-state index contributed by atoms with van der Waals surface area (Å²) in [7, 11) is 0. The van der Waals surface area contributed by atoms with Crippen LogP contribution in [0.4, 0.5) is 0 Å². The lowest BCUT2D eigenvalue weighted by Gasteiger charge is -2.16. The molecule has 1 N–H and O–H groups in total. The van der Waals surface area contributed by atoms with Gasteiger partial charge < -0.3 is 5.11 Å². The fourth-order valence-corrected chi connectivity index (χ4v) is 1.86. The Bertz CT molecular complexity index is 296. The van der Waals surface area contributed by atoms with Crippen LogP contribution in [0.1, 0.15) is 38.2 Å². The molecule has 0 fully saturated rings. The van der Waals surface area contributed by atoms with E-state index in [2.05, 4.69) is 13.8 Å². The first-order valence-corrected chi connectivity index (χ1v) is 5.87. The highest BCUT2D eigenvalue weighted by Gasteiger charge is 2.11. The number of rotatable bonds is 5. The van der Waals surface area contributed by atoms with Crippen LogP contribution in [0.2, 0.25) is 5.02 Å². The summed E-state index contributed by atoms with van der Waals surface area (Å²) >= 11 is 5.93. The van der Waals surface area contributed by atoms with Crippen LogP contribution in [0, 0.1) is 5.92 Å². The molecule has 0 bridgehead atoms. The fraction of sp³-hybridized carbons (Fsp3) is 0.538. The van der Waals surface area contributed by atoms with Crippen molar-refractivity contribution in [3.05, 3.63) is 34.9 Å². The van der Waals surface area contributed by atoms with Gasteiger partial charge in [-0.1, -0.05) is 44.0 Å². The standard InChI is InChI=1S/C13H19ClO/c1-10(2)6-7-12(9-15)11-4-3-5-13(14)8-11/h3-5,8,10,12,15H,6-7,9H2,1-2H3. The molecule has 1 rings (SSSR count). The van der Waals surface area contributed by atoms with E-state index in [1.165, 1.54) is 0 Å². The second-order valence-electron chi connectivity index (χ2n) is 4.41. The van der Waals surface area contributed by atoms with Gasteiger partial charge in [0.05, 0.1) is 0 Å². The first kappa shape index (κ1) is 12.5. The molecule has 0 aliphatic carbocycles. The first-order chi connectivity index (χ1) is 7.13. The maximum atomic E-state index is 9.34. The highest BCUT2D eigenvalue weighted by Crippen LogP contribution is 2.25. The average molecular weight is 227 g/mol. The number of hydrogen-bond donors (Lipinski definition) is 1. The highest BCUT2D eigenvalue weighted by atomic mass is 35.5. The zero-order valence-electron chi connectivity index (χ0n) is 9.41. The van der Waals surface area contributed by atoms with E-state index in [1.54, 1.807) is 0 Å². The van der Waals surface area contributed by atoms with Gasteiger partial charge in [-0.25, -0.2) is 0 Å². The van der Waals surface area contributed by atoms with Crippen molar-refractivity contribution in [1.29, 1.82) is 0 Å². The van der Waals surface area contributed by atoms with Crippen LogP contribution in [0.5, 0.6) is 0 Å². The lowest BCUT2D eigenvalue weighted by Crippen LogP contribution is -2.05. The molecule has 1 atom stereocenters. The summed E-state index contributed by atoms with van der Waals surface area (Å²) in [6.45, 7) is 4.60. The minimum absolute atomic E-state index is 0.201. The Morgan fingerprint density at radius 3 is 2.53 bits per heavy atom. The van der Waals surface area contributed by atoms with E-state index in [0.717, 1.165) is 23.4 Å². The smallest absolute Gasteiger partial charge is 0.0499 e. The molecule has 0 radical (unpaired) electrons. The van der Waals surface area contributed by atoms with Crippen LogP contribution in [-0.2, 0) is 0 Å². The molecule has 0 amide bonds. The maximum Gasteiger partial charge on any atom is 0.0499 e. The predicted molar refractivity (Wildman–Crippen MR) is 65.4 cm³/mol. The Morgan fingerprint density at radius 1 is 1.27 bits per heavy atom. The number of benzene rings is 1. The molecule has 1 aromatic carbocycles. The summed E-state index contributed by atoms with van der Waals surface area (Å²) < 4.78 is 0. The average Bonchev–Trinajstić information content (AvgIpc) is 2.18. The van der Waals surface area contributed by atoms with Crippen molar-refractivity contribution in [3.8, 4) is 0 Å². The van der Waals surface area contributed by atoms with Crippen molar-refractivity contribution in [2.75, 3.05) is 6.61 Å². The van der Waals surface area contributed by atoms with Gasteiger partial charge in [0, 0.05) is 17.5 Å². The molecule has 0 aromatic heterocycles. The van der Waals surface area contributed by atoms with Gasteiger partial charge in [0.25, 0.3) is 0 Å². The monoisotopic (exact) mass is 226 g/mol. The summed E-state index contributed by atoms with van der Waals surface area (Å²) in [5.74, 6) is 0.907. The van der Waals surface area contributed by atoms with Crippen molar-refractivity contribution < 1.29 is 5.11 Å². The van der Waals surface area contributed by atoms with E-state index in [4.69, 9.17) is 11.6 Å². The molecule has 15 heavy (non-hydrogen) atoms. The quantitative estimate of drug-likeness (QED) is 0.809. The molecular formula is C13H19ClO. The van der Waals surface area contributed by atoms with Gasteiger partial charge in [-0.2, -0.15) is 0 Å². The van der Waals surface area contributed by atoms with Crippen molar-refractivity contribution in [2.24, 2.45) is 5.92 Å². The first-order valence-electron chi connectivity index (χ1n) is 5.49. The summed E-state index contributed by atoms with van der Waals surface area (Å²) in [6, 6.07) is 7.79. The molecule has 0 aliphatic heterocycles. The third-order valence-electron chi connectivity index (χ3n) is 2.63. The molecule has 1 aromatic rings. The number of halogens is 1. The van der Waals surface area contributed by atoms with Gasteiger partial charge in [0.15, 0.2) is 0 Å². The molecule has 1 nitrogen and oxygen atoms in total. The molecular weight excluding hydrogens is 208 g/mol. The number of aliphatic hydroxyl groups is 1. The minimum atomic E-state index is 0.201. The largest absolute Gasteiger partial charge is 0.396 e. The van der Waals surface area contributed by atoms with Crippen LogP contribution in [0.15, 0.2) is 24.3 Å². The van der Waals surface area contributed by atoms with Crippen LogP contribution >= 0.6 is 11.6 Å². The molecule has 0 aliphatic rings. The van der Waals surface area contributed by atoms with Gasteiger partial charge in [0.1, 0.15) is 0 Å².